The molecule has 1 aliphatic carbocycles. The number of ether oxygens (including phenoxy) is 1. The van der Waals surface area contributed by atoms with E-state index in [2.05, 4.69) is 80.0 Å². The molecule has 0 amide bonds. The van der Waals surface area contributed by atoms with Gasteiger partial charge in [-0.15, -0.1) is 49.6 Å². The Hall–Kier alpha value is -3.15. The molecule has 0 bridgehead atoms. The fraction of sp³-hybridized carbons (Fsp3) is 0.361. The maximum absolute atomic E-state index is 6.65. The standard InChI is InChI=1S/C36H40N8O.4ClH/c37-33-30(6-2-17-39-33)34-41-32-12-11-31(40-35(32)44(34)28-9-7-26(8-10-28)36(38)15-3-16-36)25-4-1-5-29(24-25)42-18-13-27(14-19-42)43-20-22-45-23-21-43;;;;/h1-2,4-12,17,24,27H,3,13-16,18-23,38H2,(H2,37,39);4*1H. The first-order valence-electron chi connectivity index (χ1n) is 16.2. The summed E-state index contributed by atoms with van der Waals surface area (Å²) in [5.74, 6) is 1.15. The number of nitrogen functional groups attached to an aromatic ring is 1. The highest BCUT2D eigenvalue weighted by Gasteiger charge is 2.34. The van der Waals surface area contributed by atoms with Gasteiger partial charge in [0.05, 0.1) is 24.5 Å². The third-order valence-electron chi connectivity index (χ3n) is 10.1. The highest BCUT2D eigenvalue weighted by molar-refractivity contribution is 5.86. The normalized spacial score (nSPS) is 17.5. The summed E-state index contributed by atoms with van der Waals surface area (Å²) in [5.41, 5.74) is 20.5. The summed E-state index contributed by atoms with van der Waals surface area (Å²) in [4.78, 5) is 19.7. The molecule has 0 unspecified atom stereocenters. The van der Waals surface area contributed by atoms with Crippen LogP contribution in [0.3, 0.4) is 0 Å². The zero-order valence-electron chi connectivity index (χ0n) is 27.2. The number of halogens is 4. The van der Waals surface area contributed by atoms with E-state index in [0.717, 1.165) is 91.7 Å². The number of anilines is 2. The Labute approximate surface area is 312 Å². The van der Waals surface area contributed by atoms with Crippen molar-refractivity contribution in [1.82, 2.24) is 24.4 Å². The Kier molecular flexibility index (Phi) is 12.8. The smallest absolute Gasteiger partial charge is 0.165 e. The fourth-order valence-corrected chi connectivity index (χ4v) is 7.23. The number of fused-ring (bicyclic) bond motifs is 1. The highest BCUT2D eigenvalue weighted by Crippen LogP contribution is 2.39. The van der Waals surface area contributed by atoms with Gasteiger partial charge in [0.15, 0.2) is 11.5 Å². The van der Waals surface area contributed by atoms with E-state index in [0.29, 0.717) is 11.9 Å². The monoisotopic (exact) mass is 744 g/mol. The summed E-state index contributed by atoms with van der Waals surface area (Å²) >= 11 is 0. The zero-order valence-corrected chi connectivity index (χ0v) is 30.5. The first-order valence-corrected chi connectivity index (χ1v) is 16.2. The average molecular weight is 747 g/mol. The van der Waals surface area contributed by atoms with E-state index in [1.165, 1.54) is 30.5 Å². The van der Waals surface area contributed by atoms with Gasteiger partial charge in [-0.25, -0.2) is 15.0 Å². The molecule has 2 saturated heterocycles. The van der Waals surface area contributed by atoms with Gasteiger partial charge in [0.25, 0.3) is 0 Å². The van der Waals surface area contributed by atoms with Gasteiger partial charge in [0.1, 0.15) is 11.3 Å². The van der Waals surface area contributed by atoms with Crippen LogP contribution < -0.4 is 16.4 Å². The van der Waals surface area contributed by atoms with Gasteiger partial charge in [0, 0.05) is 60.9 Å². The molecule has 3 aromatic heterocycles. The van der Waals surface area contributed by atoms with E-state index < -0.39 is 0 Å². The van der Waals surface area contributed by atoms with Crippen molar-refractivity contribution in [2.45, 2.75) is 43.7 Å². The lowest BCUT2D eigenvalue weighted by Gasteiger charge is -2.40. The molecule has 13 heteroatoms. The van der Waals surface area contributed by atoms with Gasteiger partial charge in [0.2, 0.25) is 0 Å². The summed E-state index contributed by atoms with van der Waals surface area (Å²) in [6, 6.07) is 25.9. The number of pyridine rings is 2. The van der Waals surface area contributed by atoms with Crippen molar-refractivity contribution in [3.63, 3.8) is 0 Å². The van der Waals surface area contributed by atoms with Crippen LogP contribution in [0.15, 0.2) is 79.0 Å². The number of hydrogen-bond donors (Lipinski definition) is 2. The van der Waals surface area contributed by atoms with Crippen LogP contribution in [0.25, 0.3) is 39.5 Å². The topological polar surface area (TPSA) is 111 Å². The number of aromatic nitrogens is 4. The SMILES string of the molecule is Cl.Cl.Cl.Cl.Nc1ncccc1-c1nc2ccc(-c3cccc(N4CCC(N5CCOCC5)CC4)c3)nc2n1-c1ccc(C2(N)CCC2)cc1. The van der Waals surface area contributed by atoms with Crippen molar-refractivity contribution in [2.24, 2.45) is 5.73 Å². The van der Waals surface area contributed by atoms with Crippen molar-refractivity contribution in [1.29, 1.82) is 0 Å². The molecule has 0 atom stereocenters. The van der Waals surface area contributed by atoms with Crippen LogP contribution in [0.2, 0.25) is 0 Å². The molecule has 262 valence electrons. The number of morpholine rings is 1. The molecule has 2 aromatic carbocycles. The summed E-state index contributed by atoms with van der Waals surface area (Å²) in [5, 5.41) is 0. The number of rotatable bonds is 6. The molecular formula is C36H44Cl4N8O. The number of nitrogens with zero attached hydrogens (tertiary/aromatic N) is 6. The minimum atomic E-state index is -0.222. The lowest BCUT2D eigenvalue weighted by molar-refractivity contribution is 0.0115. The Bertz CT molecular complexity index is 1840. The van der Waals surface area contributed by atoms with E-state index in [-0.39, 0.29) is 55.2 Å². The first kappa shape index (κ1) is 38.6. The molecule has 2 aliphatic heterocycles. The summed E-state index contributed by atoms with van der Waals surface area (Å²) < 4.78 is 7.67. The fourth-order valence-electron chi connectivity index (χ4n) is 7.23. The largest absolute Gasteiger partial charge is 0.383 e. The molecule has 5 aromatic rings. The second-order valence-corrected chi connectivity index (χ2v) is 12.7. The predicted molar refractivity (Wildman–Crippen MR) is 208 cm³/mol. The minimum Gasteiger partial charge on any atom is -0.383 e. The van der Waals surface area contributed by atoms with Crippen LogP contribution in [0.1, 0.15) is 37.7 Å². The maximum atomic E-state index is 6.65. The third-order valence-corrected chi connectivity index (χ3v) is 10.1. The lowest BCUT2D eigenvalue weighted by Crippen LogP contribution is -2.49. The molecule has 0 spiro atoms. The number of nitrogens with two attached hydrogens (primary N) is 2. The quantitative estimate of drug-likeness (QED) is 0.190. The summed E-state index contributed by atoms with van der Waals surface area (Å²) in [6.45, 7) is 5.93. The van der Waals surface area contributed by atoms with Gasteiger partial charge in [-0.2, -0.15) is 0 Å². The van der Waals surface area contributed by atoms with Crippen LogP contribution in [-0.2, 0) is 10.3 Å². The Balaban J connectivity index is 0.00000135. The van der Waals surface area contributed by atoms with Crippen molar-refractivity contribution in [3.8, 4) is 28.3 Å². The minimum absolute atomic E-state index is 0. The molecule has 3 aliphatic rings. The summed E-state index contributed by atoms with van der Waals surface area (Å²) in [6.07, 6.45) is 7.28. The molecule has 9 nitrogen and oxygen atoms in total. The maximum Gasteiger partial charge on any atom is 0.165 e. The molecule has 8 rings (SSSR count). The van der Waals surface area contributed by atoms with Crippen LogP contribution in [0.4, 0.5) is 11.5 Å². The lowest BCUT2D eigenvalue weighted by atomic mass is 9.73. The van der Waals surface area contributed by atoms with E-state index in [1.54, 1.807) is 6.20 Å². The third kappa shape index (κ3) is 7.49. The van der Waals surface area contributed by atoms with Gasteiger partial charge in [-0.3, -0.25) is 9.47 Å². The molecular weight excluding hydrogens is 702 g/mol. The van der Waals surface area contributed by atoms with Crippen molar-refractivity contribution < 1.29 is 4.74 Å². The Morgan fingerprint density at radius 2 is 1.51 bits per heavy atom. The second kappa shape index (κ2) is 16.2. The van der Waals surface area contributed by atoms with Gasteiger partial charge >= 0.3 is 0 Å². The Morgan fingerprint density at radius 3 is 2.18 bits per heavy atom. The highest BCUT2D eigenvalue weighted by atomic mass is 35.5. The number of benzene rings is 2. The second-order valence-electron chi connectivity index (χ2n) is 12.7. The number of piperidine rings is 1. The summed E-state index contributed by atoms with van der Waals surface area (Å²) in [7, 11) is 0. The number of hydrogen-bond acceptors (Lipinski definition) is 8. The Morgan fingerprint density at radius 1 is 0.776 bits per heavy atom. The molecule has 0 radical (unpaired) electrons. The van der Waals surface area contributed by atoms with Crippen molar-refractivity contribution in [3.05, 3.63) is 84.6 Å². The average Bonchev–Trinajstić information content (AvgIpc) is 3.46. The van der Waals surface area contributed by atoms with Crippen LogP contribution >= 0.6 is 49.6 Å². The molecule has 3 fully saturated rings. The van der Waals surface area contributed by atoms with Crippen molar-refractivity contribution in [2.75, 3.05) is 50.0 Å². The van der Waals surface area contributed by atoms with Crippen LogP contribution in [0.5, 0.6) is 0 Å². The van der Waals surface area contributed by atoms with Gasteiger partial charge in [-0.1, -0.05) is 24.3 Å². The predicted octanol–water partition coefficient (Wildman–Crippen LogP) is 7.06. The van der Waals surface area contributed by atoms with E-state index in [4.69, 9.17) is 26.2 Å². The van der Waals surface area contributed by atoms with Crippen LogP contribution in [-0.4, -0.2) is 69.9 Å². The molecule has 5 heterocycles. The van der Waals surface area contributed by atoms with Crippen molar-refractivity contribution >= 4 is 72.3 Å². The van der Waals surface area contributed by atoms with E-state index >= 15 is 0 Å². The van der Waals surface area contributed by atoms with E-state index in [1.807, 2.05) is 12.1 Å². The zero-order chi connectivity index (χ0) is 30.4. The van der Waals surface area contributed by atoms with Crippen LogP contribution in [0, 0.1) is 0 Å². The molecule has 1 saturated carbocycles. The number of imidazole rings is 1. The van der Waals surface area contributed by atoms with Gasteiger partial charge < -0.3 is 21.1 Å². The first-order chi connectivity index (χ1) is 22.1. The van der Waals surface area contributed by atoms with Gasteiger partial charge in [-0.05, 0) is 86.2 Å². The molecule has 4 N–H and O–H groups in total. The van der Waals surface area contributed by atoms with E-state index in [9.17, 15) is 0 Å². The molecule has 49 heavy (non-hydrogen) atoms.